The molecule has 0 aliphatic heterocycles. The summed E-state index contributed by atoms with van der Waals surface area (Å²) < 4.78 is 0. The number of hydrogen-bond acceptors (Lipinski definition) is 1. The molecule has 1 saturated carbocycles. The first kappa shape index (κ1) is 8.79. The number of hydrogen-bond donors (Lipinski definition) is 1. The number of aliphatic hydroxyl groups is 1. The topological polar surface area (TPSA) is 20.2 Å². The quantitative estimate of drug-likeness (QED) is 0.575. The summed E-state index contributed by atoms with van der Waals surface area (Å²) >= 11 is 0. The van der Waals surface area contributed by atoms with Gasteiger partial charge in [0, 0.05) is 0 Å². The Morgan fingerprint density at radius 3 is 2.55 bits per heavy atom. The minimum Gasteiger partial charge on any atom is -0.390 e. The third kappa shape index (κ3) is 2.33. The lowest BCUT2D eigenvalue weighted by molar-refractivity contribution is 0.00809. The van der Waals surface area contributed by atoms with Crippen molar-refractivity contribution in [2.24, 2.45) is 5.92 Å². The molecule has 1 rings (SSSR count). The summed E-state index contributed by atoms with van der Waals surface area (Å²) in [5.74, 6) is 0.434. The van der Waals surface area contributed by atoms with E-state index in [0.29, 0.717) is 5.92 Å². The van der Waals surface area contributed by atoms with Gasteiger partial charge in [0.05, 0.1) is 5.60 Å². The fourth-order valence-electron chi connectivity index (χ4n) is 1.75. The number of allylic oxidation sites excluding steroid dienone is 1. The number of rotatable bonds is 1. The van der Waals surface area contributed by atoms with Crippen LogP contribution in [0, 0.1) is 5.92 Å². The third-order valence-electron chi connectivity index (χ3n) is 2.62. The minimum absolute atomic E-state index is 0.434. The lowest BCUT2D eigenvalue weighted by Crippen LogP contribution is -2.32. The Bertz CT molecular complexity index is 153. The first-order valence-corrected chi connectivity index (χ1v) is 4.39. The van der Waals surface area contributed by atoms with Crippen molar-refractivity contribution >= 4 is 0 Å². The van der Waals surface area contributed by atoms with Crippen molar-refractivity contribution in [1.29, 1.82) is 0 Å². The molecule has 0 bridgehead atoms. The van der Waals surface area contributed by atoms with Gasteiger partial charge in [-0.15, -0.1) is 0 Å². The van der Waals surface area contributed by atoms with Crippen molar-refractivity contribution in [2.75, 3.05) is 0 Å². The zero-order valence-corrected chi connectivity index (χ0v) is 7.56. The molecule has 11 heavy (non-hydrogen) atoms. The van der Waals surface area contributed by atoms with E-state index in [9.17, 15) is 5.11 Å². The molecular formula is C10H18O. The van der Waals surface area contributed by atoms with E-state index in [1.54, 1.807) is 0 Å². The molecule has 0 aromatic heterocycles. The summed E-state index contributed by atoms with van der Waals surface area (Å²) in [6.07, 6.45) is 4.53. The summed E-state index contributed by atoms with van der Waals surface area (Å²) in [5, 5.41) is 9.72. The standard InChI is InChI=1S/C10H18O/c1-8-5-4-6-9(7-8)10(2,3)11/h9,11H,1,4-7H2,2-3H3. The van der Waals surface area contributed by atoms with Crippen LogP contribution in [0.3, 0.4) is 0 Å². The molecule has 1 heteroatoms. The molecular weight excluding hydrogens is 136 g/mol. The first-order chi connectivity index (χ1) is 5.00. The second-order valence-electron chi connectivity index (χ2n) is 4.20. The molecule has 0 heterocycles. The minimum atomic E-state index is -0.511. The largest absolute Gasteiger partial charge is 0.390 e. The van der Waals surface area contributed by atoms with Gasteiger partial charge in [-0.3, -0.25) is 0 Å². The maximum Gasteiger partial charge on any atom is 0.0622 e. The van der Waals surface area contributed by atoms with Gasteiger partial charge in [-0.05, 0) is 45.4 Å². The van der Waals surface area contributed by atoms with Gasteiger partial charge in [0.15, 0.2) is 0 Å². The summed E-state index contributed by atoms with van der Waals surface area (Å²) in [5.41, 5.74) is 0.798. The van der Waals surface area contributed by atoms with Gasteiger partial charge in [0.1, 0.15) is 0 Å². The van der Waals surface area contributed by atoms with Crippen LogP contribution in [0.1, 0.15) is 39.5 Å². The molecule has 0 amide bonds. The zero-order valence-electron chi connectivity index (χ0n) is 7.56. The van der Waals surface area contributed by atoms with E-state index in [1.165, 1.54) is 12.0 Å². The van der Waals surface area contributed by atoms with Crippen LogP contribution in [-0.4, -0.2) is 10.7 Å². The molecule has 64 valence electrons. The first-order valence-electron chi connectivity index (χ1n) is 4.39. The Morgan fingerprint density at radius 1 is 1.55 bits per heavy atom. The highest BCUT2D eigenvalue weighted by Crippen LogP contribution is 2.34. The van der Waals surface area contributed by atoms with Crippen LogP contribution in [0.15, 0.2) is 12.2 Å². The average molecular weight is 154 g/mol. The van der Waals surface area contributed by atoms with Crippen molar-refractivity contribution in [2.45, 2.75) is 45.1 Å². The molecule has 0 radical (unpaired) electrons. The highest BCUT2D eigenvalue weighted by Gasteiger charge is 2.28. The lowest BCUT2D eigenvalue weighted by Gasteiger charge is -2.33. The smallest absolute Gasteiger partial charge is 0.0622 e. The van der Waals surface area contributed by atoms with Crippen LogP contribution in [0.2, 0.25) is 0 Å². The molecule has 1 N–H and O–H groups in total. The Balaban J connectivity index is 2.53. The SMILES string of the molecule is C=C1CCCC(C(C)(C)O)C1. The van der Waals surface area contributed by atoms with Crippen LogP contribution >= 0.6 is 0 Å². The van der Waals surface area contributed by atoms with E-state index < -0.39 is 5.60 Å². The Morgan fingerprint density at radius 2 is 2.18 bits per heavy atom. The molecule has 1 atom stereocenters. The third-order valence-corrected chi connectivity index (χ3v) is 2.62. The van der Waals surface area contributed by atoms with Crippen LogP contribution in [0.4, 0.5) is 0 Å². The van der Waals surface area contributed by atoms with E-state index in [-0.39, 0.29) is 0 Å². The second-order valence-corrected chi connectivity index (χ2v) is 4.20. The van der Waals surface area contributed by atoms with Gasteiger partial charge in [-0.2, -0.15) is 0 Å². The monoisotopic (exact) mass is 154 g/mol. The van der Waals surface area contributed by atoms with Crippen LogP contribution in [0.5, 0.6) is 0 Å². The van der Waals surface area contributed by atoms with E-state index in [2.05, 4.69) is 6.58 Å². The van der Waals surface area contributed by atoms with Gasteiger partial charge in [0.25, 0.3) is 0 Å². The van der Waals surface area contributed by atoms with Crippen molar-refractivity contribution < 1.29 is 5.11 Å². The molecule has 1 aliphatic carbocycles. The average Bonchev–Trinajstić information content (AvgIpc) is 1.86. The van der Waals surface area contributed by atoms with Crippen LogP contribution in [-0.2, 0) is 0 Å². The summed E-state index contributed by atoms with van der Waals surface area (Å²) in [6.45, 7) is 7.76. The van der Waals surface area contributed by atoms with E-state index in [0.717, 1.165) is 19.3 Å². The van der Waals surface area contributed by atoms with E-state index in [4.69, 9.17) is 0 Å². The molecule has 1 aliphatic rings. The maximum absolute atomic E-state index is 9.72. The van der Waals surface area contributed by atoms with Crippen molar-refractivity contribution in [3.8, 4) is 0 Å². The summed E-state index contributed by atoms with van der Waals surface area (Å²) in [6, 6.07) is 0. The predicted molar refractivity (Wildman–Crippen MR) is 47.4 cm³/mol. The highest BCUT2D eigenvalue weighted by molar-refractivity contribution is 5.02. The molecule has 1 nitrogen and oxygen atoms in total. The van der Waals surface area contributed by atoms with Gasteiger partial charge >= 0.3 is 0 Å². The fourth-order valence-corrected chi connectivity index (χ4v) is 1.75. The van der Waals surface area contributed by atoms with E-state index in [1.807, 2.05) is 13.8 Å². The fraction of sp³-hybridized carbons (Fsp3) is 0.800. The molecule has 1 unspecified atom stereocenters. The molecule has 0 aromatic carbocycles. The molecule has 1 fully saturated rings. The highest BCUT2D eigenvalue weighted by atomic mass is 16.3. The van der Waals surface area contributed by atoms with Gasteiger partial charge in [-0.1, -0.05) is 12.2 Å². The van der Waals surface area contributed by atoms with Crippen LogP contribution in [0.25, 0.3) is 0 Å². The molecule has 0 spiro atoms. The molecule has 0 aromatic rings. The van der Waals surface area contributed by atoms with Crippen molar-refractivity contribution in [3.63, 3.8) is 0 Å². The van der Waals surface area contributed by atoms with Gasteiger partial charge in [0.2, 0.25) is 0 Å². The predicted octanol–water partition coefficient (Wildman–Crippen LogP) is 2.50. The van der Waals surface area contributed by atoms with Gasteiger partial charge in [-0.25, -0.2) is 0 Å². The zero-order chi connectivity index (χ0) is 8.48. The Kier molecular flexibility index (Phi) is 2.38. The van der Waals surface area contributed by atoms with Crippen molar-refractivity contribution in [3.05, 3.63) is 12.2 Å². The summed E-state index contributed by atoms with van der Waals surface area (Å²) in [4.78, 5) is 0. The van der Waals surface area contributed by atoms with Crippen molar-refractivity contribution in [1.82, 2.24) is 0 Å². The Labute approximate surface area is 69.1 Å². The molecule has 0 saturated heterocycles. The normalized spacial score (nSPS) is 27.2. The second kappa shape index (κ2) is 2.98. The Hall–Kier alpha value is -0.300. The van der Waals surface area contributed by atoms with Gasteiger partial charge < -0.3 is 5.11 Å². The lowest BCUT2D eigenvalue weighted by atomic mass is 9.77. The van der Waals surface area contributed by atoms with E-state index >= 15 is 0 Å². The van der Waals surface area contributed by atoms with Crippen LogP contribution < -0.4 is 0 Å². The maximum atomic E-state index is 9.72. The summed E-state index contributed by atoms with van der Waals surface area (Å²) in [7, 11) is 0.